The van der Waals surface area contributed by atoms with Crippen molar-refractivity contribution in [1.82, 2.24) is 0 Å². The molecule has 1 saturated carbocycles. The van der Waals surface area contributed by atoms with Crippen molar-refractivity contribution in [2.75, 3.05) is 5.75 Å². The minimum absolute atomic E-state index is 0.207. The van der Waals surface area contributed by atoms with Crippen LogP contribution in [0, 0.1) is 23.2 Å². The Labute approximate surface area is 102 Å². The van der Waals surface area contributed by atoms with E-state index in [2.05, 4.69) is 30.5 Å². The maximum absolute atomic E-state index is 9.12. The van der Waals surface area contributed by atoms with Crippen LogP contribution in [0.15, 0.2) is 24.3 Å². The normalized spacial score (nSPS) is 15.8. The van der Waals surface area contributed by atoms with E-state index in [1.165, 1.54) is 0 Å². The Balaban J connectivity index is 2.22. The molecule has 0 unspecified atom stereocenters. The van der Waals surface area contributed by atoms with Crippen molar-refractivity contribution in [3.63, 3.8) is 0 Å². The van der Waals surface area contributed by atoms with Gasteiger partial charge >= 0.3 is 0 Å². The lowest BCUT2D eigenvalue weighted by molar-refractivity contribution is 0.908. The first-order valence-electron chi connectivity index (χ1n) is 5.42. The molecule has 0 atom stereocenters. The Morgan fingerprint density at radius 1 is 1.38 bits per heavy atom. The first-order chi connectivity index (χ1) is 7.80. The van der Waals surface area contributed by atoms with E-state index in [0.29, 0.717) is 0 Å². The monoisotopic (exact) mass is 227 g/mol. The van der Waals surface area contributed by atoms with Gasteiger partial charge in [-0.1, -0.05) is 24.0 Å². The molecule has 1 aliphatic carbocycles. The number of thiol groups is 1. The molecular formula is C14H13NS. The minimum atomic E-state index is -0.207. The Morgan fingerprint density at radius 3 is 2.81 bits per heavy atom. The third kappa shape index (κ3) is 2.23. The lowest BCUT2D eigenvalue weighted by Crippen LogP contribution is -2.02. The average Bonchev–Trinajstić information content (AvgIpc) is 3.11. The first kappa shape index (κ1) is 11.1. The van der Waals surface area contributed by atoms with Gasteiger partial charge in [0.2, 0.25) is 0 Å². The van der Waals surface area contributed by atoms with E-state index in [0.717, 1.165) is 36.1 Å². The summed E-state index contributed by atoms with van der Waals surface area (Å²) in [7, 11) is 0. The van der Waals surface area contributed by atoms with Crippen molar-refractivity contribution in [2.24, 2.45) is 0 Å². The molecular weight excluding hydrogens is 214 g/mol. The Morgan fingerprint density at radius 2 is 2.19 bits per heavy atom. The maximum Gasteiger partial charge on any atom is 0.0824 e. The quantitative estimate of drug-likeness (QED) is 0.609. The van der Waals surface area contributed by atoms with Crippen molar-refractivity contribution in [2.45, 2.75) is 24.7 Å². The van der Waals surface area contributed by atoms with Crippen LogP contribution in [-0.4, -0.2) is 5.75 Å². The topological polar surface area (TPSA) is 23.8 Å². The van der Waals surface area contributed by atoms with Crippen LogP contribution in [0.1, 0.15) is 30.4 Å². The van der Waals surface area contributed by atoms with Crippen molar-refractivity contribution < 1.29 is 0 Å². The van der Waals surface area contributed by atoms with Gasteiger partial charge in [-0.15, -0.1) is 0 Å². The van der Waals surface area contributed by atoms with Crippen molar-refractivity contribution in [3.05, 3.63) is 35.4 Å². The van der Waals surface area contributed by atoms with E-state index in [9.17, 15) is 0 Å². The number of benzene rings is 1. The highest BCUT2D eigenvalue weighted by Gasteiger charge is 2.44. The van der Waals surface area contributed by atoms with E-state index in [4.69, 9.17) is 5.26 Å². The molecule has 0 aliphatic heterocycles. The molecule has 0 aromatic heterocycles. The highest BCUT2D eigenvalue weighted by atomic mass is 32.1. The van der Waals surface area contributed by atoms with Crippen LogP contribution >= 0.6 is 12.6 Å². The van der Waals surface area contributed by atoms with Gasteiger partial charge in [0.1, 0.15) is 0 Å². The van der Waals surface area contributed by atoms with Crippen LogP contribution < -0.4 is 0 Å². The second-order valence-electron chi connectivity index (χ2n) is 4.05. The molecule has 0 N–H and O–H groups in total. The molecule has 0 bridgehead atoms. The molecule has 1 aliphatic rings. The largest absolute Gasteiger partial charge is 0.197 e. The second-order valence-corrected chi connectivity index (χ2v) is 4.50. The molecule has 2 heteroatoms. The van der Waals surface area contributed by atoms with Crippen LogP contribution in [-0.2, 0) is 5.41 Å². The third-order valence-electron chi connectivity index (χ3n) is 2.85. The summed E-state index contributed by atoms with van der Waals surface area (Å²) in [4.78, 5) is 0. The van der Waals surface area contributed by atoms with E-state index in [1.54, 1.807) is 0 Å². The summed E-state index contributed by atoms with van der Waals surface area (Å²) < 4.78 is 0. The van der Waals surface area contributed by atoms with Gasteiger partial charge in [0.05, 0.1) is 11.5 Å². The van der Waals surface area contributed by atoms with Gasteiger partial charge in [-0.05, 0) is 30.5 Å². The standard InChI is InChI=1S/C14H13NS/c15-11-14(7-8-14)13-6-3-5-12(10-13)4-1-2-9-16/h3,5-6,10,16H,2,7-9H2. The van der Waals surface area contributed by atoms with Gasteiger partial charge < -0.3 is 0 Å². The van der Waals surface area contributed by atoms with Crippen molar-refractivity contribution >= 4 is 12.6 Å². The smallest absolute Gasteiger partial charge is 0.0824 e. The summed E-state index contributed by atoms with van der Waals surface area (Å²) in [5, 5.41) is 9.12. The zero-order chi connectivity index (χ0) is 11.4. The van der Waals surface area contributed by atoms with Crippen LogP contribution in [0.2, 0.25) is 0 Å². The summed E-state index contributed by atoms with van der Waals surface area (Å²) in [6.07, 6.45) is 2.77. The van der Waals surface area contributed by atoms with Gasteiger partial charge in [-0.25, -0.2) is 0 Å². The highest BCUT2D eigenvalue weighted by Crippen LogP contribution is 2.47. The molecule has 1 nitrogen and oxygen atoms in total. The van der Waals surface area contributed by atoms with Crippen LogP contribution in [0.25, 0.3) is 0 Å². The summed E-state index contributed by atoms with van der Waals surface area (Å²) in [5.74, 6) is 6.95. The third-order valence-corrected chi connectivity index (χ3v) is 3.07. The van der Waals surface area contributed by atoms with Gasteiger partial charge in [-0.3, -0.25) is 0 Å². The molecule has 0 spiro atoms. The van der Waals surface area contributed by atoms with E-state index in [1.807, 2.05) is 24.3 Å². The Kier molecular flexibility index (Phi) is 3.22. The number of hydrogen-bond acceptors (Lipinski definition) is 2. The van der Waals surface area contributed by atoms with Crippen molar-refractivity contribution in [1.29, 1.82) is 5.26 Å². The SMILES string of the molecule is N#CC1(c2cccc(C#CCCS)c2)CC1. The molecule has 1 fully saturated rings. The summed E-state index contributed by atoms with van der Waals surface area (Å²) in [6.45, 7) is 0. The molecule has 16 heavy (non-hydrogen) atoms. The summed E-state index contributed by atoms with van der Waals surface area (Å²) in [5.41, 5.74) is 1.91. The molecule has 1 aromatic carbocycles. The summed E-state index contributed by atoms with van der Waals surface area (Å²) in [6, 6.07) is 10.4. The second kappa shape index (κ2) is 4.64. The van der Waals surface area contributed by atoms with Crippen LogP contribution in [0.4, 0.5) is 0 Å². The molecule has 0 radical (unpaired) electrons. The van der Waals surface area contributed by atoms with Crippen LogP contribution in [0.5, 0.6) is 0 Å². The first-order valence-corrected chi connectivity index (χ1v) is 6.05. The Bertz CT molecular complexity index is 483. The predicted molar refractivity (Wildman–Crippen MR) is 68.3 cm³/mol. The zero-order valence-electron chi connectivity index (χ0n) is 9.03. The molecule has 0 amide bonds. The minimum Gasteiger partial charge on any atom is -0.197 e. The lowest BCUT2D eigenvalue weighted by atomic mass is 9.96. The van der Waals surface area contributed by atoms with Crippen molar-refractivity contribution in [3.8, 4) is 17.9 Å². The number of nitrogens with zero attached hydrogens (tertiary/aromatic N) is 1. The van der Waals surface area contributed by atoms with Gasteiger partial charge in [0.25, 0.3) is 0 Å². The molecule has 0 saturated heterocycles. The zero-order valence-corrected chi connectivity index (χ0v) is 9.93. The predicted octanol–water partition coefficient (Wildman–Crippen LogP) is 2.91. The molecule has 2 rings (SSSR count). The number of rotatable bonds is 2. The van der Waals surface area contributed by atoms with E-state index in [-0.39, 0.29) is 5.41 Å². The number of nitriles is 1. The van der Waals surface area contributed by atoms with E-state index >= 15 is 0 Å². The molecule has 80 valence electrons. The lowest BCUT2D eigenvalue weighted by Gasteiger charge is -2.05. The fourth-order valence-electron chi connectivity index (χ4n) is 1.71. The molecule has 0 heterocycles. The van der Waals surface area contributed by atoms with Gasteiger partial charge in [0.15, 0.2) is 0 Å². The highest BCUT2D eigenvalue weighted by molar-refractivity contribution is 7.80. The molecule has 1 aromatic rings. The number of hydrogen-bond donors (Lipinski definition) is 1. The van der Waals surface area contributed by atoms with Gasteiger partial charge in [0, 0.05) is 17.7 Å². The van der Waals surface area contributed by atoms with Gasteiger partial charge in [-0.2, -0.15) is 17.9 Å². The average molecular weight is 227 g/mol. The summed E-state index contributed by atoms with van der Waals surface area (Å²) >= 11 is 4.11. The fourth-order valence-corrected chi connectivity index (χ4v) is 1.82. The fraction of sp³-hybridized carbons (Fsp3) is 0.357. The Hall–Kier alpha value is -1.38. The van der Waals surface area contributed by atoms with E-state index < -0.39 is 0 Å². The van der Waals surface area contributed by atoms with Crippen LogP contribution in [0.3, 0.4) is 0 Å². The maximum atomic E-state index is 9.12.